The van der Waals surface area contributed by atoms with Gasteiger partial charge in [-0.15, -0.1) is 0 Å². The van der Waals surface area contributed by atoms with Gasteiger partial charge in [0, 0.05) is 16.7 Å². The molecule has 1 amide bonds. The fourth-order valence-corrected chi connectivity index (χ4v) is 4.23. The van der Waals surface area contributed by atoms with Gasteiger partial charge in [0.2, 0.25) is 0 Å². The minimum Gasteiger partial charge on any atom is -0.494 e. The van der Waals surface area contributed by atoms with E-state index in [1.165, 1.54) is 10.3 Å². The first-order valence-corrected chi connectivity index (χ1v) is 10.2. The van der Waals surface area contributed by atoms with Crippen LogP contribution in [0.5, 0.6) is 5.75 Å². The van der Waals surface area contributed by atoms with Crippen molar-refractivity contribution in [1.82, 2.24) is 0 Å². The lowest BCUT2D eigenvalue weighted by molar-refractivity contribution is 0.0983. The number of carbonyl (C=O) groups is 1. The first-order valence-electron chi connectivity index (χ1n) is 8.43. The largest absolute Gasteiger partial charge is 0.494 e. The van der Waals surface area contributed by atoms with Gasteiger partial charge in [0.15, 0.2) is 9.84 Å². The maximum absolute atomic E-state index is 13.2. The zero-order valence-corrected chi connectivity index (χ0v) is 15.6. The summed E-state index contributed by atoms with van der Waals surface area (Å²) in [5.41, 5.74) is 2.13. The Labute approximate surface area is 153 Å². The Morgan fingerprint density at radius 3 is 2.50 bits per heavy atom. The molecule has 2 aromatic carbocycles. The molecule has 0 radical (unpaired) electrons. The van der Waals surface area contributed by atoms with Crippen LogP contribution in [0.2, 0.25) is 0 Å². The van der Waals surface area contributed by atoms with Gasteiger partial charge in [-0.1, -0.05) is 17.7 Å². The third-order valence-corrected chi connectivity index (χ3v) is 5.53. The van der Waals surface area contributed by atoms with E-state index in [1.54, 1.807) is 42.5 Å². The first kappa shape index (κ1) is 18.2. The summed E-state index contributed by atoms with van der Waals surface area (Å²) in [6.45, 7) is 4.36. The quantitative estimate of drug-likeness (QED) is 0.809. The Balaban J connectivity index is 1.99. The van der Waals surface area contributed by atoms with Crippen molar-refractivity contribution in [2.75, 3.05) is 17.3 Å². The second-order valence-electron chi connectivity index (χ2n) is 6.20. The molecule has 3 rings (SSSR count). The number of ether oxygens (including phenoxy) is 1. The van der Waals surface area contributed by atoms with Crippen LogP contribution in [0, 0.1) is 6.92 Å². The number of hydrogen-bond donors (Lipinski definition) is 0. The standard InChI is InChI=1S/C20H21NO4S/c1-3-25-19-9-7-17(8-10-19)21(18-11-12-26(23,24)14-18)20(22)16-6-4-5-15(2)13-16/h4-13,18H,3,14H2,1-2H3/t18-/m1/s1. The van der Waals surface area contributed by atoms with E-state index >= 15 is 0 Å². The van der Waals surface area contributed by atoms with Crippen molar-refractivity contribution in [3.8, 4) is 5.75 Å². The van der Waals surface area contributed by atoms with Crippen molar-refractivity contribution < 1.29 is 17.9 Å². The topological polar surface area (TPSA) is 63.7 Å². The molecule has 2 aromatic rings. The molecule has 0 spiro atoms. The number of hydrogen-bond acceptors (Lipinski definition) is 4. The van der Waals surface area contributed by atoms with Crippen molar-refractivity contribution in [2.24, 2.45) is 0 Å². The molecule has 136 valence electrons. The number of anilines is 1. The van der Waals surface area contributed by atoms with E-state index in [0.717, 1.165) is 5.56 Å². The number of amides is 1. The second-order valence-corrected chi connectivity index (χ2v) is 8.13. The van der Waals surface area contributed by atoms with E-state index in [2.05, 4.69) is 0 Å². The second kappa shape index (κ2) is 7.33. The average Bonchev–Trinajstić information content (AvgIpc) is 2.96. The van der Waals surface area contributed by atoms with E-state index < -0.39 is 15.9 Å². The minimum atomic E-state index is -3.29. The molecular weight excluding hydrogens is 350 g/mol. The van der Waals surface area contributed by atoms with E-state index in [9.17, 15) is 13.2 Å². The molecule has 0 saturated heterocycles. The van der Waals surface area contributed by atoms with Crippen LogP contribution in [0.3, 0.4) is 0 Å². The van der Waals surface area contributed by atoms with Crippen LogP contribution in [0.1, 0.15) is 22.8 Å². The van der Waals surface area contributed by atoms with Crippen LogP contribution < -0.4 is 9.64 Å². The number of carbonyl (C=O) groups excluding carboxylic acids is 1. The fraction of sp³-hybridized carbons (Fsp3) is 0.250. The molecule has 0 fully saturated rings. The monoisotopic (exact) mass is 371 g/mol. The first-order chi connectivity index (χ1) is 12.4. The van der Waals surface area contributed by atoms with Crippen molar-refractivity contribution in [1.29, 1.82) is 0 Å². The lowest BCUT2D eigenvalue weighted by atomic mass is 10.1. The molecule has 1 aliphatic heterocycles. The summed E-state index contributed by atoms with van der Waals surface area (Å²) in [7, 11) is -3.29. The zero-order chi connectivity index (χ0) is 18.7. The average molecular weight is 371 g/mol. The van der Waals surface area contributed by atoms with Crippen LogP contribution in [0.25, 0.3) is 0 Å². The number of benzene rings is 2. The van der Waals surface area contributed by atoms with Crippen LogP contribution in [0.4, 0.5) is 5.69 Å². The van der Waals surface area contributed by atoms with Gasteiger partial charge in [-0.05, 0) is 56.3 Å². The molecule has 0 aromatic heterocycles. The maximum atomic E-state index is 13.2. The van der Waals surface area contributed by atoms with Gasteiger partial charge in [-0.25, -0.2) is 8.42 Å². The van der Waals surface area contributed by atoms with Gasteiger partial charge in [0.25, 0.3) is 5.91 Å². The molecule has 1 heterocycles. The lowest BCUT2D eigenvalue weighted by Crippen LogP contribution is -2.41. The predicted molar refractivity (Wildman–Crippen MR) is 102 cm³/mol. The van der Waals surface area contributed by atoms with Gasteiger partial charge in [-0.3, -0.25) is 4.79 Å². The third-order valence-electron chi connectivity index (χ3n) is 4.15. The Morgan fingerprint density at radius 1 is 1.19 bits per heavy atom. The molecule has 1 aliphatic rings. The van der Waals surface area contributed by atoms with E-state index in [4.69, 9.17) is 4.74 Å². The van der Waals surface area contributed by atoms with Gasteiger partial charge < -0.3 is 9.64 Å². The van der Waals surface area contributed by atoms with Crippen molar-refractivity contribution in [2.45, 2.75) is 19.9 Å². The Kier molecular flexibility index (Phi) is 5.13. The zero-order valence-electron chi connectivity index (χ0n) is 14.8. The summed E-state index contributed by atoms with van der Waals surface area (Å²) < 4.78 is 29.2. The molecule has 0 bridgehead atoms. The number of sulfone groups is 1. The molecule has 6 heteroatoms. The normalized spacial score (nSPS) is 17.8. The van der Waals surface area contributed by atoms with Crippen LogP contribution in [0.15, 0.2) is 60.0 Å². The summed E-state index contributed by atoms with van der Waals surface area (Å²) in [4.78, 5) is 14.7. The predicted octanol–water partition coefficient (Wildman–Crippen LogP) is 3.35. The van der Waals surface area contributed by atoms with E-state index in [-0.39, 0.29) is 11.7 Å². The summed E-state index contributed by atoms with van der Waals surface area (Å²) in [5.74, 6) is 0.357. The molecule has 0 N–H and O–H groups in total. The van der Waals surface area contributed by atoms with Gasteiger partial charge in [0.1, 0.15) is 5.75 Å². The smallest absolute Gasteiger partial charge is 0.258 e. The minimum absolute atomic E-state index is 0.113. The summed E-state index contributed by atoms with van der Waals surface area (Å²) >= 11 is 0. The summed E-state index contributed by atoms with van der Waals surface area (Å²) in [6.07, 6.45) is 1.57. The SMILES string of the molecule is CCOc1ccc(N(C(=O)c2cccc(C)c2)[C@@H]2C=CS(=O)(=O)C2)cc1. The van der Waals surface area contributed by atoms with Crippen LogP contribution in [-0.4, -0.2) is 32.7 Å². The van der Waals surface area contributed by atoms with Crippen LogP contribution in [-0.2, 0) is 9.84 Å². The summed E-state index contributed by atoms with van der Waals surface area (Å²) in [6, 6.07) is 13.9. The van der Waals surface area contributed by atoms with Crippen molar-refractivity contribution in [3.63, 3.8) is 0 Å². The highest BCUT2D eigenvalue weighted by Gasteiger charge is 2.32. The number of aryl methyl sites for hydroxylation is 1. The molecular formula is C20H21NO4S. The number of rotatable bonds is 5. The van der Waals surface area contributed by atoms with Crippen molar-refractivity contribution >= 4 is 21.4 Å². The van der Waals surface area contributed by atoms with Gasteiger partial charge in [0.05, 0.1) is 18.4 Å². The highest BCUT2D eigenvalue weighted by atomic mass is 32.2. The molecule has 26 heavy (non-hydrogen) atoms. The molecule has 1 atom stereocenters. The maximum Gasteiger partial charge on any atom is 0.258 e. The van der Waals surface area contributed by atoms with E-state index in [0.29, 0.717) is 23.6 Å². The van der Waals surface area contributed by atoms with Crippen molar-refractivity contribution in [3.05, 3.63) is 71.1 Å². The Bertz CT molecular complexity index is 933. The molecule has 0 aliphatic carbocycles. The lowest BCUT2D eigenvalue weighted by Gasteiger charge is -2.28. The summed E-state index contributed by atoms with van der Waals surface area (Å²) in [5, 5.41) is 1.18. The molecule has 5 nitrogen and oxygen atoms in total. The highest BCUT2D eigenvalue weighted by Crippen LogP contribution is 2.27. The van der Waals surface area contributed by atoms with Crippen LogP contribution >= 0.6 is 0 Å². The van der Waals surface area contributed by atoms with Gasteiger partial charge in [-0.2, -0.15) is 0 Å². The fourth-order valence-electron chi connectivity index (χ4n) is 2.97. The Morgan fingerprint density at radius 2 is 1.92 bits per heavy atom. The van der Waals surface area contributed by atoms with E-state index in [1.807, 2.05) is 26.0 Å². The highest BCUT2D eigenvalue weighted by molar-refractivity contribution is 7.94. The number of nitrogens with zero attached hydrogens (tertiary/aromatic N) is 1. The Hall–Kier alpha value is -2.60. The van der Waals surface area contributed by atoms with Gasteiger partial charge >= 0.3 is 0 Å². The molecule has 0 unspecified atom stereocenters. The third kappa shape index (κ3) is 3.96. The molecule has 0 saturated carbocycles.